The zero-order valence-corrected chi connectivity index (χ0v) is 18.7. The summed E-state index contributed by atoms with van der Waals surface area (Å²) in [5, 5.41) is 3.72. The van der Waals surface area contributed by atoms with Crippen molar-refractivity contribution >= 4 is 11.5 Å². The van der Waals surface area contributed by atoms with E-state index in [0.717, 1.165) is 36.5 Å². The molecule has 1 aliphatic rings. The molecule has 2 aromatic heterocycles. The lowest BCUT2D eigenvalue weighted by molar-refractivity contribution is 0.0967. The van der Waals surface area contributed by atoms with E-state index in [1.54, 1.807) is 12.3 Å². The molecule has 7 nitrogen and oxygen atoms in total. The summed E-state index contributed by atoms with van der Waals surface area (Å²) in [7, 11) is 0. The number of ether oxygens (including phenoxy) is 2. The first-order chi connectivity index (χ1) is 15.5. The first-order valence-corrected chi connectivity index (χ1v) is 11.1. The lowest BCUT2D eigenvalue weighted by Crippen LogP contribution is -2.24. The van der Waals surface area contributed by atoms with Gasteiger partial charge in [0, 0.05) is 43.4 Å². The van der Waals surface area contributed by atoms with E-state index in [-0.39, 0.29) is 23.9 Å². The molecule has 32 heavy (non-hydrogen) atoms. The van der Waals surface area contributed by atoms with Crippen molar-refractivity contribution in [2.75, 3.05) is 18.0 Å². The van der Waals surface area contributed by atoms with E-state index < -0.39 is 0 Å². The molecule has 1 aromatic carbocycles. The highest BCUT2D eigenvalue weighted by atomic mass is 16.5. The van der Waals surface area contributed by atoms with E-state index in [1.807, 2.05) is 57.2 Å². The first-order valence-electron chi connectivity index (χ1n) is 11.1. The Labute approximate surface area is 188 Å². The molecule has 0 bridgehead atoms. The summed E-state index contributed by atoms with van der Waals surface area (Å²) in [6, 6.07) is 13.6. The van der Waals surface area contributed by atoms with E-state index in [4.69, 9.17) is 14.0 Å². The molecule has 1 fully saturated rings. The monoisotopic (exact) mass is 435 g/mol. The van der Waals surface area contributed by atoms with Gasteiger partial charge < -0.3 is 18.9 Å². The minimum atomic E-state index is -0.0179. The van der Waals surface area contributed by atoms with Gasteiger partial charge in [0.15, 0.2) is 5.78 Å². The second kappa shape index (κ2) is 9.85. The van der Waals surface area contributed by atoms with Crippen LogP contribution in [0.25, 0.3) is 0 Å². The van der Waals surface area contributed by atoms with E-state index in [2.05, 4.69) is 15.0 Å². The minimum Gasteiger partial charge on any atom is -0.489 e. The van der Waals surface area contributed by atoms with Crippen molar-refractivity contribution in [3.8, 4) is 11.6 Å². The van der Waals surface area contributed by atoms with Crippen LogP contribution in [0.4, 0.5) is 5.69 Å². The maximum Gasteiger partial charge on any atom is 0.215 e. The van der Waals surface area contributed by atoms with Gasteiger partial charge in [0.2, 0.25) is 5.88 Å². The summed E-state index contributed by atoms with van der Waals surface area (Å²) in [6.07, 6.45) is 4.76. The number of hydrogen-bond acceptors (Lipinski definition) is 7. The van der Waals surface area contributed by atoms with Gasteiger partial charge in [-0.2, -0.15) is 0 Å². The molecule has 0 radical (unpaired) electrons. The summed E-state index contributed by atoms with van der Waals surface area (Å²) in [5.74, 6) is 1.56. The molecule has 0 spiro atoms. The molecule has 0 amide bonds. The van der Waals surface area contributed by atoms with Gasteiger partial charge in [-0.15, -0.1) is 0 Å². The Kier molecular flexibility index (Phi) is 6.73. The lowest BCUT2D eigenvalue weighted by atomic mass is 9.95. The summed E-state index contributed by atoms with van der Waals surface area (Å²) < 4.78 is 16.7. The molecule has 3 aromatic rings. The quantitative estimate of drug-likeness (QED) is 0.443. The van der Waals surface area contributed by atoms with E-state index in [9.17, 15) is 4.79 Å². The second-order valence-corrected chi connectivity index (χ2v) is 8.48. The number of carbonyl (C=O) groups excluding carboxylic acids is 1. The molecule has 0 aliphatic carbocycles. The third-order valence-corrected chi connectivity index (χ3v) is 5.55. The predicted molar refractivity (Wildman–Crippen MR) is 122 cm³/mol. The van der Waals surface area contributed by atoms with Crippen LogP contribution in [0.3, 0.4) is 0 Å². The van der Waals surface area contributed by atoms with Gasteiger partial charge in [-0.05, 0) is 43.5 Å². The van der Waals surface area contributed by atoms with Crippen LogP contribution in [-0.4, -0.2) is 41.2 Å². The molecule has 1 unspecified atom stereocenters. The zero-order valence-electron chi connectivity index (χ0n) is 18.7. The summed E-state index contributed by atoms with van der Waals surface area (Å²) >= 11 is 0. The normalized spacial score (nSPS) is 16.9. The van der Waals surface area contributed by atoms with Crippen LogP contribution in [0.2, 0.25) is 0 Å². The smallest absolute Gasteiger partial charge is 0.215 e. The number of carbonyl (C=O) groups is 1. The van der Waals surface area contributed by atoms with E-state index in [0.29, 0.717) is 18.0 Å². The Hall–Kier alpha value is -3.35. The Balaban J connectivity index is 1.31. The summed E-state index contributed by atoms with van der Waals surface area (Å²) in [5.41, 5.74) is 2.57. The molecule has 2 atom stereocenters. The number of rotatable bonds is 9. The Morgan fingerprint density at radius 3 is 2.72 bits per heavy atom. The molecular weight excluding hydrogens is 406 g/mol. The molecule has 1 aliphatic heterocycles. The van der Waals surface area contributed by atoms with Gasteiger partial charge in [-0.1, -0.05) is 24.2 Å². The van der Waals surface area contributed by atoms with Crippen molar-refractivity contribution in [1.29, 1.82) is 0 Å². The fourth-order valence-electron chi connectivity index (χ4n) is 3.88. The predicted octanol–water partition coefficient (Wildman–Crippen LogP) is 4.89. The first kappa shape index (κ1) is 21.9. The topological polar surface area (TPSA) is 77.7 Å². The van der Waals surface area contributed by atoms with Crippen molar-refractivity contribution in [2.24, 2.45) is 0 Å². The van der Waals surface area contributed by atoms with Crippen molar-refractivity contribution in [2.45, 2.75) is 51.7 Å². The van der Waals surface area contributed by atoms with Crippen LogP contribution in [0.5, 0.6) is 11.6 Å². The van der Waals surface area contributed by atoms with Crippen LogP contribution >= 0.6 is 0 Å². The van der Waals surface area contributed by atoms with E-state index in [1.165, 1.54) is 6.26 Å². The van der Waals surface area contributed by atoms with Crippen molar-refractivity contribution in [1.82, 2.24) is 10.1 Å². The zero-order chi connectivity index (χ0) is 22.5. The number of pyridine rings is 1. The molecular formula is C25H29N3O4. The van der Waals surface area contributed by atoms with Crippen LogP contribution in [0.15, 0.2) is 59.4 Å². The largest absolute Gasteiger partial charge is 0.489 e. The van der Waals surface area contributed by atoms with Crippen LogP contribution < -0.4 is 14.4 Å². The molecule has 4 rings (SSSR count). The maximum atomic E-state index is 12.2. The maximum absolute atomic E-state index is 12.2. The molecule has 168 valence electrons. The lowest BCUT2D eigenvalue weighted by Gasteiger charge is -2.20. The van der Waals surface area contributed by atoms with Gasteiger partial charge in [0.05, 0.1) is 12.6 Å². The Morgan fingerprint density at radius 2 is 2.00 bits per heavy atom. The number of Topliss-reactive ketones (excluding diaryl/α,β-unsaturated/α-hetero) is 1. The highest BCUT2D eigenvalue weighted by Gasteiger charge is 2.25. The number of anilines is 1. The molecule has 3 heterocycles. The standard InChI is InChI=1S/C25H29N3O4/c1-17(2)31-25-15-20(8-11-26-25)28-12-9-22(16-28)32-21-6-4-19(5-7-21)18(3)14-24(29)23-10-13-30-27-23/h4-8,10-11,13,15,17-18,22H,9,12,14,16H2,1-3H3/t18-,22?/m1/s1. The van der Waals surface area contributed by atoms with Crippen molar-refractivity contribution in [3.63, 3.8) is 0 Å². The average molecular weight is 436 g/mol. The Bertz CT molecular complexity index is 1020. The van der Waals surface area contributed by atoms with Crippen LogP contribution in [0.1, 0.15) is 55.6 Å². The number of nitrogens with zero attached hydrogens (tertiary/aromatic N) is 3. The van der Waals surface area contributed by atoms with Crippen molar-refractivity contribution in [3.05, 3.63) is 66.2 Å². The number of ketones is 1. The number of benzene rings is 1. The van der Waals surface area contributed by atoms with Gasteiger partial charge >= 0.3 is 0 Å². The molecule has 0 N–H and O–H groups in total. The van der Waals surface area contributed by atoms with Gasteiger partial charge in [-0.3, -0.25) is 4.79 Å². The number of aromatic nitrogens is 2. The third kappa shape index (κ3) is 5.46. The summed E-state index contributed by atoms with van der Waals surface area (Å²) in [4.78, 5) is 18.8. The minimum absolute atomic E-state index is 0.0179. The van der Waals surface area contributed by atoms with Gasteiger partial charge in [-0.25, -0.2) is 4.98 Å². The summed E-state index contributed by atoms with van der Waals surface area (Å²) in [6.45, 7) is 7.77. The molecule has 1 saturated heterocycles. The SMILES string of the molecule is CC(C)Oc1cc(N2CCC(Oc3ccc([C@H](C)CC(=O)c4ccon4)cc3)C2)ccn1. The number of hydrogen-bond donors (Lipinski definition) is 0. The fraction of sp³-hybridized carbons (Fsp3) is 0.400. The average Bonchev–Trinajstić information content (AvgIpc) is 3.46. The second-order valence-electron chi connectivity index (χ2n) is 8.48. The van der Waals surface area contributed by atoms with Gasteiger partial charge in [0.1, 0.15) is 23.8 Å². The molecule has 0 saturated carbocycles. The van der Waals surface area contributed by atoms with Crippen molar-refractivity contribution < 1.29 is 18.8 Å². The fourth-order valence-corrected chi connectivity index (χ4v) is 3.88. The highest BCUT2D eigenvalue weighted by Crippen LogP contribution is 2.27. The molecule has 7 heteroatoms. The third-order valence-electron chi connectivity index (χ3n) is 5.55. The van der Waals surface area contributed by atoms with Gasteiger partial charge in [0.25, 0.3) is 0 Å². The van der Waals surface area contributed by atoms with E-state index >= 15 is 0 Å². The Morgan fingerprint density at radius 1 is 1.19 bits per heavy atom. The van der Waals surface area contributed by atoms with Crippen LogP contribution in [0, 0.1) is 0 Å². The highest BCUT2D eigenvalue weighted by molar-refractivity contribution is 5.94. The van der Waals surface area contributed by atoms with Crippen LogP contribution in [-0.2, 0) is 0 Å².